The van der Waals surface area contributed by atoms with Gasteiger partial charge in [-0.2, -0.15) is 0 Å². The molecule has 6 nitrogen and oxygen atoms in total. The van der Waals surface area contributed by atoms with Crippen molar-refractivity contribution in [2.75, 3.05) is 50.1 Å². The Hall–Kier alpha value is -3.64. The number of ether oxygens (including phenoxy) is 1. The van der Waals surface area contributed by atoms with Gasteiger partial charge in [0.05, 0.1) is 12.6 Å². The topological polar surface area (TPSA) is 53.5 Å². The summed E-state index contributed by atoms with van der Waals surface area (Å²) in [7, 11) is 1.68. The summed E-state index contributed by atoms with van der Waals surface area (Å²) in [6, 6.07) is 22.9. The monoisotopic (exact) mass is 465 g/mol. The Balaban J connectivity index is 1.21. The number of hydrogen-bond acceptors (Lipinski definition) is 6. The zero-order valence-electron chi connectivity index (χ0n) is 20.2. The second-order valence-corrected chi connectivity index (χ2v) is 9.57. The highest BCUT2D eigenvalue weighted by Crippen LogP contribution is 2.31. The summed E-state index contributed by atoms with van der Waals surface area (Å²) >= 11 is 0. The van der Waals surface area contributed by atoms with Crippen molar-refractivity contribution in [1.82, 2.24) is 14.9 Å². The van der Waals surface area contributed by atoms with E-state index in [9.17, 15) is 0 Å². The average Bonchev–Trinajstić information content (AvgIpc) is 3.73. The number of nitrogens with zero attached hydrogens (tertiary/aromatic N) is 4. The number of aromatic nitrogens is 2. The van der Waals surface area contributed by atoms with Gasteiger partial charge in [-0.1, -0.05) is 36.4 Å². The second-order valence-electron chi connectivity index (χ2n) is 9.57. The molecule has 0 bridgehead atoms. The molecule has 35 heavy (non-hydrogen) atoms. The molecule has 4 aromatic rings. The first-order chi connectivity index (χ1) is 17.2. The van der Waals surface area contributed by atoms with Crippen LogP contribution in [0.2, 0.25) is 0 Å². The molecule has 2 aliphatic rings. The molecule has 3 aromatic carbocycles. The third kappa shape index (κ3) is 4.93. The summed E-state index contributed by atoms with van der Waals surface area (Å²) in [5, 5.41) is 4.45. The van der Waals surface area contributed by atoms with Crippen molar-refractivity contribution in [1.29, 1.82) is 0 Å². The molecule has 6 heteroatoms. The van der Waals surface area contributed by atoms with Crippen LogP contribution in [0, 0.1) is 5.92 Å². The number of piperazine rings is 1. The molecule has 2 heterocycles. The molecule has 0 radical (unpaired) electrons. The van der Waals surface area contributed by atoms with Crippen molar-refractivity contribution >= 4 is 28.2 Å². The molecule has 2 fully saturated rings. The van der Waals surface area contributed by atoms with Gasteiger partial charge in [0.2, 0.25) is 5.95 Å². The van der Waals surface area contributed by atoms with Crippen LogP contribution in [-0.2, 0) is 0 Å². The van der Waals surface area contributed by atoms with Crippen molar-refractivity contribution < 1.29 is 4.74 Å². The molecule has 6 rings (SSSR count). The molecule has 1 aliphatic carbocycles. The SMILES string of the molecule is COc1ccc(-c2cccc3cnc(Nc4cccc(N5CCN(CC6CC6)CC5)c4)nc23)cc1. The Kier molecular flexibility index (Phi) is 5.96. The van der Waals surface area contributed by atoms with Crippen molar-refractivity contribution in [3.63, 3.8) is 0 Å². The fourth-order valence-corrected chi connectivity index (χ4v) is 4.88. The molecular formula is C29H31N5O. The zero-order valence-corrected chi connectivity index (χ0v) is 20.2. The first kappa shape index (κ1) is 21.9. The molecule has 1 saturated heterocycles. The van der Waals surface area contributed by atoms with Crippen molar-refractivity contribution in [2.45, 2.75) is 12.8 Å². The van der Waals surface area contributed by atoms with Crippen LogP contribution in [0.3, 0.4) is 0 Å². The molecule has 1 aliphatic heterocycles. The second kappa shape index (κ2) is 9.55. The smallest absolute Gasteiger partial charge is 0.227 e. The van der Waals surface area contributed by atoms with Crippen LogP contribution < -0.4 is 15.0 Å². The predicted molar refractivity (Wildman–Crippen MR) is 143 cm³/mol. The van der Waals surface area contributed by atoms with Crippen LogP contribution in [0.5, 0.6) is 5.75 Å². The van der Waals surface area contributed by atoms with E-state index in [1.807, 2.05) is 24.4 Å². The van der Waals surface area contributed by atoms with Gasteiger partial charge >= 0.3 is 0 Å². The molecular weight excluding hydrogens is 434 g/mol. The quantitative estimate of drug-likeness (QED) is 0.385. The molecule has 1 saturated carbocycles. The molecule has 0 unspecified atom stereocenters. The summed E-state index contributed by atoms with van der Waals surface area (Å²) in [5.41, 5.74) is 5.36. The predicted octanol–water partition coefficient (Wildman–Crippen LogP) is 5.58. The first-order valence-electron chi connectivity index (χ1n) is 12.5. The minimum atomic E-state index is 0.602. The number of benzene rings is 3. The molecule has 1 aromatic heterocycles. The van der Waals surface area contributed by atoms with Crippen LogP contribution in [0.1, 0.15) is 12.8 Å². The highest BCUT2D eigenvalue weighted by Gasteiger charge is 2.26. The lowest BCUT2D eigenvalue weighted by molar-refractivity contribution is 0.248. The lowest BCUT2D eigenvalue weighted by Gasteiger charge is -2.36. The van der Waals surface area contributed by atoms with Crippen LogP contribution in [0.15, 0.2) is 72.9 Å². The van der Waals surface area contributed by atoms with Crippen LogP contribution >= 0.6 is 0 Å². The van der Waals surface area contributed by atoms with Crippen molar-refractivity contribution in [3.05, 3.63) is 72.9 Å². The zero-order chi connectivity index (χ0) is 23.6. The van der Waals surface area contributed by atoms with Crippen LogP contribution in [-0.4, -0.2) is 54.7 Å². The Morgan fingerprint density at radius 3 is 2.51 bits per heavy atom. The van der Waals surface area contributed by atoms with Gasteiger partial charge in [0, 0.05) is 61.2 Å². The normalized spacial score (nSPS) is 16.4. The summed E-state index contributed by atoms with van der Waals surface area (Å²) < 4.78 is 5.31. The van der Waals surface area contributed by atoms with Crippen molar-refractivity contribution in [2.24, 2.45) is 5.92 Å². The van der Waals surface area contributed by atoms with E-state index >= 15 is 0 Å². The highest BCUT2D eigenvalue weighted by atomic mass is 16.5. The maximum atomic E-state index is 5.31. The molecule has 0 amide bonds. The van der Waals surface area contributed by atoms with Crippen LogP contribution in [0.4, 0.5) is 17.3 Å². The maximum Gasteiger partial charge on any atom is 0.227 e. The van der Waals surface area contributed by atoms with Gasteiger partial charge in [-0.25, -0.2) is 9.97 Å². The molecule has 178 valence electrons. The van der Waals surface area contributed by atoms with Gasteiger partial charge in [0.25, 0.3) is 0 Å². The van der Waals surface area contributed by atoms with E-state index in [4.69, 9.17) is 9.72 Å². The number of fused-ring (bicyclic) bond motifs is 1. The number of hydrogen-bond donors (Lipinski definition) is 1. The third-order valence-corrected chi connectivity index (χ3v) is 7.06. The maximum absolute atomic E-state index is 5.31. The largest absolute Gasteiger partial charge is 0.497 e. The Labute approximate surface area is 206 Å². The Bertz CT molecular complexity index is 1310. The Morgan fingerprint density at radius 2 is 1.74 bits per heavy atom. The number of nitrogens with one attached hydrogen (secondary N) is 1. The van der Waals surface area contributed by atoms with Crippen molar-refractivity contribution in [3.8, 4) is 16.9 Å². The van der Waals surface area contributed by atoms with Gasteiger partial charge in [-0.05, 0) is 54.7 Å². The van der Waals surface area contributed by atoms with Gasteiger partial charge in [-0.3, -0.25) is 4.90 Å². The summed E-state index contributed by atoms with van der Waals surface area (Å²) in [6.07, 6.45) is 4.74. The van der Waals surface area contributed by atoms with E-state index in [2.05, 4.69) is 68.6 Å². The number of anilines is 3. The number of rotatable bonds is 7. The van der Waals surface area contributed by atoms with E-state index < -0.39 is 0 Å². The number of methoxy groups -OCH3 is 1. The first-order valence-corrected chi connectivity index (χ1v) is 12.5. The number of para-hydroxylation sites is 1. The van der Waals surface area contributed by atoms with Gasteiger partial charge in [-0.15, -0.1) is 0 Å². The third-order valence-electron chi connectivity index (χ3n) is 7.06. The fraction of sp³-hybridized carbons (Fsp3) is 0.310. The van der Waals surface area contributed by atoms with Crippen LogP contribution in [0.25, 0.3) is 22.0 Å². The summed E-state index contributed by atoms with van der Waals surface area (Å²) in [6.45, 7) is 5.74. The van der Waals surface area contributed by atoms with E-state index in [0.29, 0.717) is 5.95 Å². The van der Waals surface area contributed by atoms with E-state index in [0.717, 1.165) is 65.6 Å². The lowest BCUT2D eigenvalue weighted by Crippen LogP contribution is -2.47. The molecule has 1 N–H and O–H groups in total. The summed E-state index contributed by atoms with van der Waals surface area (Å²) in [4.78, 5) is 14.6. The summed E-state index contributed by atoms with van der Waals surface area (Å²) in [5.74, 6) is 2.40. The fourth-order valence-electron chi connectivity index (χ4n) is 4.88. The van der Waals surface area contributed by atoms with E-state index in [1.165, 1.54) is 25.1 Å². The van der Waals surface area contributed by atoms with E-state index in [-0.39, 0.29) is 0 Å². The van der Waals surface area contributed by atoms with E-state index in [1.54, 1.807) is 7.11 Å². The minimum Gasteiger partial charge on any atom is -0.497 e. The minimum absolute atomic E-state index is 0.602. The molecule has 0 spiro atoms. The Morgan fingerprint density at radius 1 is 0.943 bits per heavy atom. The lowest BCUT2D eigenvalue weighted by atomic mass is 10.0. The highest BCUT2D eigenvalue weighted by molar-refractivity contribution is 5.94. The average molecular weight is 466 g/mol. The molecule has 0 atom stereocenters. The van der Waals surface area contributed by atoms with Gasteiger partial charge < -0.3 is 15.0 Å². The van der Waals surface area contributed by atoms with Gasteiger partial charge in [0.1, 0.15) is 5.75 Å². The van der Waals surface area contributed by atoms with Gasteiger partial charge in [0.15, 0.2) is 0 Å². The standard InChI is InChI=1S/C29H31N5O/c1-35-26-12-10-22(11-13-26)27-7-2-4-23-19-30-29(32-28(23)27)31-24-5-3-6-25(18-24)34-16-14-33(15-17-34)20-21-8-9-21/h2-7,10-13,18-19,21H,8-9,14-17,20H2,1H3,(H,30,31,32).